The van der Waals surface area contributed by atoms with Gasteiger partial charge in [0.05, 0.1) is 18.8 Å². The first-order chi connectivity index (χ1) is 9.11. The quantitative estimate of drug-likeness (QED) is 0.913. The lowest BCUT2D eigenvalue weighted by Gasteiger charge is -2.14. The largest absolute Gasteiger partial charge is 0.497 e. The van der Waals surface area contributed by atoms with Crippen molar-refractivity contribution in [3.05, 3.63) is 53.8 Å². The van der Waals surface area contributed by atoms with Crippen molar-refractivity contribution in [1.29, 1.82) is 0 Å². The van der Waals surface area contributed by atoms with Crippen molar-refractivity contribution >= 4 is 0 Å². The summed E-state index contributed by atoms with van der Waals surface area (Å²) in [6, 6.07) is 11.4. The molecule has 3 nitrogen and oxygen atoms in total. The zero-order valence-corrected chi connectivity index (χ0v) is 10.8. The van der Waals surface area contributed by atoms with Crippen LogP contribution in [0.2, 0.25) is 0 Å². The lowest BCUT2D eigenvalue weighted by atomic mass is 10.1. The molecule has 0 aliphatic carbocycles. The lowest BCUT2D eigenvalue weighted by molar-refractivity contribution is 0.190. The van der Waals surface area contributed by atoms with E-state index in [9.17, 15) is 9.50 Å². The van der Waals surface area contributed by atoms with Crippen molar-refractivity contribution in [3.8, 4) is 17.2 Å². The summed E-state index contributed by atoms with van der Waals surface area (Å²) in [4.78, 5) is 0. The Labute approximate surface area is 111 Å². The molecule has 2 aromatic carbocycles. The van der Waals surface area contributed by atoms with Gasteiger partial charge in [-0.15, -0.1) is 0 Å². The molecular weight excluding hydrogens is 247 g/mol. The van der Waals surface area contributed by atoms with E-state index in [0.717, 1.165) is 0 Å². The summed E-state index contributed by atoms with van der Waals surface area (Å²) < 4.78 is 24.4. The number of hydrogen-bond acceptors (Lipinski definition) is 3. The monoisotopic (exact) mass is 262 g/mol. The number of aliphatic hydroxyl groups is 1. The van der Waals surface area contributed by atoms with E-state index in [1.54, 1.807) is 37.4 Å². The van der Waals surface area contributed by atoms with E-state index in [2.05, 4.69) is 0 Å². The molecule has 0 heterocycles. The maximum absolute atomic E-state index is 13.7. The molecule has 2 aromatic rings. The smallest absolute Gasteiger partial charge is 0.136 e. The Balaban J connectivity index is 2.35. The van der Waals surface area contributed by atoms with Crippen LogP contribution in [0.1, 0.15) is 18.6 Å². The van der Waals surface area contributed by atoms with Crippen molar-refractivity contribution in [2.75, 3.05) is 7.11 Å². The molecule has 1 N–H and O–H groups in total. The molecule has 0 spiro atoms. The molecular formula is C15H15FO3. The van der Waals surface area contributed by atoms with Crippen molar-refractivity contribution in [2.24, 2.45) is 0 Å². The summed E-state index contributed by atoms with van der Waals surface area (Å²) in [5, 5.41) is 9.62. The highest BCUT2D eigenvalue weighted by Crippen LogP contribution is 2.32. The minimum Gasteiger partial charge on any atom is -0.497 e. The first-order valence-corrected chi connectivity index (χ1v) is 5.90. The van der Waals surface area contributed by atoms with Gasteiger partial charge in [-0.25, -0.2) is 4.39 Å². The Bertz CT molecular complexity index is 567. The van der Waals surface area contributed by atoms with Crippen LogP contribution in [0, 0.1) is 5.82 Å². The predicted octanol–water partition coefficient (Wildman–Crippen LogP) is 3.68. The zero-order valence-electron chi connectivity index (χ0n) is 10.8. The number of hydrogen-bond donors (Lipinski definition) is 1. The Morgan fingerprint density at radius 3 is 2.47 bits per heavy atom. The van der Waals surface area contributed by atoms with Crippen LogP contribution in [0.4, 0.5) is 4.39 Å². The molecule has 0 aliphatic heterocycles. The highest BCUT2D eigenvalue weighted by molar-refractivity contribution is 5.41. The van der Waals surface area contributed by atoms with Gasteiger partial charge in [0, 0.05) is 6.07 Å². The molecule has 0 fully saturated rings. The molecule has 0 bridgehead atoms. The van der Waals surface area contributed by atoms with Gasteiger partial charge in [-0.05, 0) is 31.2 Å². The summed E-state index contributed by atoms with van der Waals surface area (Å²) in [6.07, 6.45) is -0.943. The molecule has 0 saturated heterocycles. The number of methoxy groups -OCH3 is 1. The van der Waals surface area contributed by atoms with Crippen LogP contribution in [0.25, 0.3) is 0 Å². The first-order valence-electron chi connectivity index (χ1n) is 5.90. The number of ether oxygens (including phenoxy) is 2. The lowest BCUT2D eigenvalue weighted by Crippen LogP contribution is -1.99. The maximum Gasteiger partial charge on any atom is 0.136 e. The van der Waals surface area contributed by atoms with E-state index < -0.39 is 11.9 Å². The second-order valence-electron chi connectivity index (χ2n) is 4.11. The minimum atomic E-state index is -0.943. The highest BCUT2D eigenvalue weighted by Gasteiger charge is 2.15. The molecule has 0 radical (unpaired) electrons. The average molecular weight is 262 g/mol. The summed E-state index contributed by atoms with van der Waals surface area (Å²) in [5.41, 5.74) is 0.144. The highest BCUT2D eigenvalue weighted by atomic mass is 19.1. The van der Waals surface area contributed by atoms with Crippen LogP contribution in [-0.4, -0.2) is 12.2 Å². The third-order valence-electron chi connectivity index (χ3n) is 2.70. The number of rotatable bonds is 4. The van der Waals surface area contributed by atoms with Crippen LogP contribution in [0.15, 0.2) is 42.5 Å². The summed E-state index contributed by atoms with van der Waals surface area (Å²) in [6.45, 7) is 1.50. The van der Waals surface area contributed by atoms with Crippen molar-refractivity contribution < 1.29 is 19.0 Å². The number of benzene rings is 2. The minimum absolute atomic E-state index is 0.144. The van der Waals surface area contributed by atoms with Gasteiger partial charge in [0.2, 0.25) is 0 Å². The molecule has 0 amide bonds. The van der Waals surface area contributed by atoms with Crippen LogP contribution in [0.3, 0.4) is 0 Å². The van der Waals surface area contributed by atoms with Crippen LogP contribution < -0.4 is 9.47 Å². The topological polar surface area (TPSA) is 38.7 Å². The Kier molecular flexibility index (Phi) is 4.02. The van der Waals surface area contributed by atoms with Crippen LogP contribution in [-0.2, 0) is 0 Å². The zero-order chi connectivity index (χ0) is 13.8. The average Bonchev–Trinajstić information content (AvgIpc) is 2.38. The predicted molar refractivity (Wildman–Crippen MR) is 70.1 cm³/mol. The number of aliphatic hydroxyl groups excluding tert-OH is 1. The second kappa shape index (κ2) is 5.71. The SMILES string of the molecule is COc1cccc(Oc2cccc(F)c2[C@@H](C)O)c1. The Morgan fingerprint density at radius 2 is 1.79 bits per heavy atom. The number of halogens is 1. The van der Waals surface area contributed by atoms with Gasteiger partial charge in [0.1, 0.15) is 23.1 Å². The molecule has 19 heavy (non-hydrogen) atoms. The molecule has 0 aliphatic rings. The first kappa shape index (κ1) is 13.4. The summed E-state index contributed by atoms with van der Waals surface area (Å²) in [5.74, 6) is 0.970. The van der Waals surface area contributed by atoms with Crippen molar-refractivity contribution in [2.45, 2.75) is 13.0 Å². The van der Waals surface area contributed by atoms with Crippen molar-refractivity contribution in [3.63, 3.8) is 0 Å². The van der Waals surface area contributed by atoms with Gasteiger partial charge in [-0.2, -0.15) is 0 Å². The normalized spacial score (nSPS) is 12.0. The molecule has 0 saturated carbocycles. The van der Waals surface area contributed by atoms with E-state index in [1.165, 1.54) is 19.1 Å². The fourth-order valence-electron chi connectivity index (χ4n) is 1.80. The molecule has 1 atom stereocenters. The third-order valence-corrected chi connectivity index (χ3v) is 2.70. The van der Waals surface area contributed by atoms with Gasteiger partial charge >= 0.3 is 0 Å². The summed E-state index contributed by atoms with van der Waals surface area (Å²) in [7, 11) is 1.56. The summed E-state index contributed by atoms with van der Waals surface area (Å²) >= 11 is 0. The van der Waals surface area contributed by atoms with Gasteiger partial charge in [0.25, 0.3) is 0 Å². The van der Waals surface area contributed by atoms with Crippen LogP contribution in [0.5, 0.6) is 17.2 Å². The van der Waals surface area contributed by atoms with Gasteiger partial charge in [0.15, 0.2) is 0 Å². The van der Waals surface area contributed by atoms with E-state index in [-0.39, 0.29) is 5.56 Å². The third kappa shape index (κ3) is 3.03. The van der Waals surface area contributed by atoms with Gasteiger partial charge in [-0.1, -0.05) is 12.1 Å². The van der Waals surface area contributed by atoms with Crippen molar-refractivity contribution in [1.82, 2.24) is 0 Å². The Morgan fingerprint density at radius 1 is 1.11 bits per heavy atom. The molecule has 2 rings (SSSR count). The Hall–Kier alpha value is -2.07. The molecule has 0 unspecified atom stereocenters. The van der Waals surface area contributed by atoms with E-state index in [1.807, 2.05) is 0 Å². The molecule has 0 aromatic heterocycles. The van der Waals surface area contributed by atoms with E-state index in [0.29, 0.717) is 17.2 Å². The second-order valence-corrected chi connectivity index (χ2v) is 4.11. The van der Waals surface area contributed by atoms with E-state index >= 15 is 0 Å². The fourth-order valence-corrected chi connectivity index (χ4v) is 1.80. The maximum atomic E-state index is 13.7. The van der Waals surface area contributed by atoms with Gasteiger partial charge < -0.3 is 14.6 Å². The van der Waals surface area contributed by atoms with Crippen LogP contribution >= 0.6 is 0 Å². The van der Waals surface area contributed by atoms with Gasteiger partial charge in [-0.3, -0.25) is 0 Å². The molecule has 4 heteroatoms. The van der Waals surface area contributed by atoms with E-state index in [4.69, 9.17) is 9.47 Å². The fraction of sp³-hybridized carbons (Fsp3) is 0.200. The standard InChI is InChI=1S/C15H15FO3/c1-10(17)15-13(16)7-4-8-14(15)19-12-6-3-5-11(9-12)18-2/h3-10,17H,1-2H3/t10-/m1/s1. The molecule has 100 valence electrons.